The average Bonchev–Trinajstić information content (AvgIpc) is 2.88. The summed E-state index contributed by atoms with van der Waals surface area (Å²) in [6.07, 6.45) is 0. The number of carboxylic acid groups (broad SMARTS) is 1. The lowest BCUT2D eigenvalue weighted by molar-refractivity contribution is -0.140. The molecule has 1 aliphatic heterocycles. The van der Waals surface area contributed by atoms with E-state index in [0.717, 1.165) is 11.3 Å². The predicted molar refractivity (Wildman–Crippen MR) is 77.3 cm³/mol. The summed E-state index contributed by atoms with van der Waals surface area (Å²) in [5.74, 6) is 0.571. The Morgan fingerprint density at radius 2 is 2.25 bits per heavy atom. The van der Waals surface area contributed by atoms with Gasteiger partial charge in [-0.15, -0.1) is 11.8 Å². The molecule has 108 valence electrons. The van der Waals surface area contributed by atoms with E-state index in [1.54, 1.807) is 25.3 Å². The number of carbonyl (C=O) groups excluding carboxylic acids is 1. The summed E-state index contributed by atoms with van der Waals surface area (Å²) < 4.78 is 5.15. The van der Waals surface area contributed by atoms with Crippen LogP contribution >= 0.6 is 11.8 Å². The van der Waals surface area contributed by atoms with Crippen LogP contribution < -0.4 is 10.1 Å². The molecule has 1 atom stereocenters. The molecule has 2 amide bonds. The lowest BCUT2D eigenvalue weighted by Gasteiger charge is -2.21. The van der Waals surface area contributed by atoms with Crippen LogP contribution in [0.4, 0.5) is 10.5 Å². The van der Waals surface area contributed by atoms with Crippen molar-refractivity contribution in [1.82, 2.24) is 4.90 Å². The number of urea groups is 1. The third kappa shape index (κ3) is 2.98. The Labute approximate surface area is 121 Å². The number of amides is 2. The maximum Gasteiger partial charge on any atom is 0.327 e. The summed E-state index contributed by atoms with van der Waals surface area (Å²) in [6, 6.07) is 4.11. The fourth-order valence-corrected chi connectivity index (χ4v) is 3.14. The molecule has 1 heterocycles. The zero-order valence-electron chi connectivity index (χ0n) is 11.3. The summed E-state index contributed by atoms with van der Waals surface area (Å²) in [5.41, 5.74) is 1.52. The number of hydrogen-bond donors (Lipinski definition) is 2. The fourth-order valence-electron chi connectivity index (χ4n) is 2.00. The molecule has 0 saturated carbocycles. The van der Waals surface area contributed by atoms with E-state index in [1.807, 2.05) is 6.92 Å². The predicted octanol–water partition coefficient (Wildman–Crippen LogP) is 2.00. The summed E-state index contributed by atoms with van der Waals surface area (Å²) in [4.78, 5) is 24.5. The zero-order valence-corrected chi connectivity index (χ0v) is 12.1. The number of carboxylic acids is 1. The fraction of sp³-hybridized carbons (Fsp3) is 0.385. The third-order valence-corrected chi connectivity index (χ3v) is 4.09. The molecule has 0 radical (unpaired) electrons. The van der Waals surface area contributed by atoms with Crippen LogP contribution in [0.25, 0.3) is 0 Å². The summed E-state index contributed by atoms with van der Waals surface area (Å²) in [5, 5.41) is 11.8. The van der Waals surface area contributed by atoms with Gasteiger partial charge in [0.05, 0.1) is 13.0 Å². The molecule has 0 aromatic heterocycles. The van der Waals surface area contributed by atoms with Crippen LogP contribution in [0, 0.1) is 6.92 Å². The summed E-state index contributed by atoms with van der Waals surface area (Å²) in [7, 11) is 1.58. The third-order valence-electron chi connectivity index (χ3n) is 3.07. The van der Waals surface area contributed by atoms with E-state index in [1.165, 1.54) is 16.7 Å². The summed E-state index contributed by atoms with van der Waals surface area (Å²) >= 11 is 1.43. The van der Waals surface area contributed by atoms with Gasteiger partial charge in [0, 0.05) is 11.4 Å². The van der Waals surface area contributed by atoms with Crippen LogP contribution in [-0.2, 0) is 4.79 Å². The molecule has 2 N–H and O–H groups in total. The molecule has 1 aliphatic rings. The van der Waals surface area contributed by atoms with Crippen molar-refractivity contribution >= 4 is 29.4 Å². The second-order valence-corrected chi connectivity index (χ2v) is 5.44. The van der Waals surface area contributed by atoms with Crippen LogP contribution in [0.3, 0.4) is 0 Å². The van der Waals surface area contributed by atoms with E-state index in [9.17, 15) is 9.59 Å². The van der Waals surface area contributed by atoms with Crippen LogP contribution in [0.1, 0.15) is 5.56 Å². The van der Waals surface area contributed by atoms with Crippen molar-refractivity contribution in [1.29, 1.82) is 0 Å². The van der Waals surface area contributed by atoms with Crippen molar-refractivity contribution < 1.29 is 19.4 Å². The van der Waals surface area contributed by atoms with Gasteiger partial charge >= 0.3 is 12.0 Å². The van der Waals surface area contributed by atoms with Gasteiger partial charge in [0.15, 0.2) is 0 Å². The average molecular weight is 296 g/mol. The van der Waals surface area contributed by atoms with E-state index in [0.29, 0.717) is 17.3 Å². The Morgan fingerprint density at radius 3 is 2.85 bits per heavy atom. The highest BCUT2D eigenvalue weighted by Gasteiger charge is 2.34. The highest BCUT2D eigenvalue weighted by molar-refractivity contribution is 7.99. The molecule has 0 aliphatic carbocycles. The van der Waals surface area contributed by atoms with Gasteiger partial charge in [-0.05, 0) is 30.7 Å². The first-order chi connectivity index (χ1) is 9.52. The number of rotatable bonds is 3. The SMILES string of the molecule is COc1ccc(NC(=O)N2CSC[C@H]2C(=O)O)cc1C. The van der Waals surface area contributed by atoms with Crippen LogP contribution in [0.15, 0.2) is 18.2 Å². The standard InChI is InChI=1S/C13H16N2O4S/c1-8-5-9(3-4-11(8)19-2)14-13(18)15-7-20-6-10(15)12(16)17/h3-5,10H,6-7H2,1-2H3,(H,14,18)(H,16,17)/t10-/m0/s1. The first-order valence-electron chi connectivity index (χ1n) is 6.05. The monoisotopic (exact) mass is 296 g/mol. The maximum absolute atomic E-state index is 12.1. The number of methoxy groups -OCH3 is 1. The Balaban J connectivity index is 2.08. The molecule has 0 spiro atoms. The van der Waals surface area contributed by atoms with Gasteiger partial charge in [-0.3, -0.25) is 0 Å². The maximum atomic E-state index is 12.1. The Hall–Kier alpha value is -1.89. The number of aliphatic carboxylic acids is 1. The van der Waals surface area contributed by atoms with Crippen LogP contribution in [0.2, 0.25) is 0 Å². The van der Waals surface area contributed by atoms with Crippen molar-refractivity contribution in [2.24, 2.45) is 0 Å². The molecule has 1 saturated heterocycles. The number of benzene rings is 1. The minimum atomic E-state index is -0.976. The Kier molecular flexibility index (Phi) is 4.39. The van der Waals surface area contributed by atoms with E-state index >= 15 is 0 Å². The van der Waals surface area contributed by atoms with E-state index in [4.69, 9.17) is 9.84 Å². The van der Waals surface area contributed by atoms with Gasteiger partial charge < -0.3 is 20.1 Å². The second-order valence-electron chi connectivity index (χ2n) is 4.44. The largest absolute Gasteiger partial charge is 0.496 e. The van der Waals surface area contributed by atoms with Gasteiger partial charge in [-0.25, -0.2) is 9.59 Å². The molecule has 1 aromatic rings. The van der Waals surface area contributed by atoms with E-state index in [2.05, 4.69) is 5.32 Å². The van der Waals surface area contributed by atoms with E-state index < -0.39 is 18.0 Å². The van der Waals surface area contributed by atoms with Crippen LogP contribution in [0.5, 0.6) is 5.75 Å². The molecule has 6 nitrogen and oxygen atoms in total. The molecule has 0 unspecified atom stereocenters. The van der Waals surface area contributed by atoms with Gasteiger partial charge in [-0.2, -0.15) is 0 Å². The van der Waals surface area contributed by atoms with Crippen molar-refractivity contribution in [3.8, 4) is 5.75 Å². The Morgan fingerprint density at radius 1 is 1.50 bits per heavy atom. The first kappa shape index (κ1) is 14.5. The number of anilines is 1. The number of nitrogens with zero attached hydrogens (tertiary/aromatic N) is 1. The highest BCUT2D eigenvalue weighted by atomic mass is 32.2. The van der Waals surface area contributed by atoms with Crippen molar-refractivity contribution in [3.05, 3.63) is 23.8 Å². The number of thioether (sulfide) groups is 1. The lowest BCUT2D eigenvalue weighted by atomic mass is 10.2. The normalized spacial score (nSPS) is 17.9. The number of aryl methyl sites for hydroxylation is 1. The van der Waals surface area contributed by atoms with Gasteiger partial charge in [-0.1, -0.05) is 0 Å². The molecule has 7 heteroatoms. The quantitative estimate of drug-likeness (QED) is 0.892. The molecular weight excluding hydrogens is 280 g/mol. The lowest BCUT2D eigenvalue weighted by Crippen LogP contribution is -2.43. The number of ether oxygens (including phenoxy) is 1. The molecule has 0 bridgehead atoms. The van der Waals surface area contributed by atoms with Crippen molar-refractivity contribution in [2.75, 3.05) is 24.1 Å². The van der Waals surface area contributed by atoms with Crippen molar-refractivity contribution in [2.45, 2.75) is 13.0 Å². The Bertz CT molecular complexity index is 535. The van der Waals surface area contributed by atoms with Crippen LogP contribution in [-0.4, -0.2) is 46.8 Å². The second kappa shape index (κ2) is 6.04. The molecule has 2 rings (SSSR count). The topological polar surface area (TPSA) is 78.9 Å². The van der Waals surface area contributed by atoms with Gasteiger partial charge in [0.25, 0.3) is 0 Å². The van der Waals surface area contributed by atoms with Gasteiger partial charge in [0.2, 0.25) is 0 Å². The molecule has 20 heavy (non-hydrogen) atoms. The zero-order chi connectivity index (χ0) is 14.7. The molecule has 1 aromatic carbocycles. The van der Waals surface area contributed by atoms with Gasteiger partial charge in [0.1, 0.15) is 11.8 Å². The number of nitrogens with one attached hydrogen (secondary N) is 1. The number of hydrogen-bond acceptors (Lipinski definition) is 4. The number of carbonyl (C=O) groups is 2. The smallest absolute Gasteiger partial charge is 0.327 e. The highest BCUT2D eigenvalue weighted by Crippen LogP contribution is 2.24. The van der Waals surface area contributed by atoms with Crippen molar-refractivity contribution in [3.63, 3.8) is 0 Å². The first-order valence-corrected chi connectivity index (χ1v) is 7.21. The molecule has 1 fully saturated rings. The summed E-state index contributed by atoms with van der Waals surface area (Å²) in [6.45, 7) is 1.88. The molecular formula is C13H16N2O4S. The minimum absolute atomic E-state index is 0.387. The van der Waals surface area contributed by atoms with E-state index in [-0.39, 0.29) is 0 Å². The minimum Gasteiger partial charge on any atom is -0.496 e.